The summed E-state index contributed by atoms with van der Waals surface area (Å²) in [6.45, 7) is 11.1. The van der Waals surface area contributed by atoms with E-state index in [0.29, 0.717) is 17.6 Å². The fourth-order valence-corrected chi connectivity index (χ4v) is 7.45. The molecular formula is C24H37NO2. The zero-order valence-corrected chi connectivity index (χ0v) is 17.9. The van der Waals surface area contributed by atoms with Gasteiger partial charge in [-0.2, -0.15) is 0 Å². The van der Waals surface area contributed by atoms with Gasteiger partial charge in [0.2, 0.25) is 5.91 Å². The zero-order chi connectivity index (χ0) is 19.6. The molecule has 1 amide bonds. The highest BCUT2D eigenvalue weighted by Crippen LogP contribution is 2.66. The van der Waals surface area contributed by atoms with Crippen molar-refractivity contribution in [3.63, 3.8) is 0 Å². The average molecular weight is 372 g/mol. The van der Waals surface area contributed by atoms with Gasteiger partial charge in [0, 0.05) is 17.9 Å². The highest BCUT2D eigenvalue weighted by Gasteiger charge is 2.60. The summed E-state index contributed by atoms with van der Waals surface area (Å²) in [5, 5.41) is 3.26. The SMILES string of the molecule is CC(C)(C)NC(=O)C1CCC2C3CCC4=CC(=O)CCC4(C)C3CCC12C. The van der Waals surface area contributed by atoms with E-state index in [1.165, 1.54) is 24.8 Å². The van der Waals surface area contributed by atoms with E-state index >= 15 is 0 Å². The summed E-state index contributed by atoms with van der Waals surface area (Å²) in [7, 11) is 0. The summed E-state index contributed by atoms with van der Waals surface area (Å²) in [5.41, 5.74) is 1.65. The molecule has 150 valence electrons. The lowest BCUT2D eigenvalue weighted by molar-refractivity contribution is -0.134. The van der Waals surface area contributed by atoms with Crippen LogP contribution in [0.4, 0.5) is 0 Å². The van der Waals surface area contributed by atoms with Gasteiger partial charge < -0.3 is 5.32 Å². The number of hydrogen-bond acceptors (Lipinski definition) is 2. The van der Waals surface area contributed by atoms with E-state index in [4.69, 9.17) is 0 Å². The molecule has 6 unspecified atom stereocenters. The molecule has 3 saturated carbocycles. The van der Waals surface area contributed by atoms with E-state index < -0.39 is 0 Å². The van der Waals surface area contributed by atoms with Gasteiger partial charge in [-0.1, -0.05) is 19.4 Å². The minimum Gasteiger partial charge on any atom is -0.351 e. The number of hydrogen-bond donors (Lipinski definition) is 1. The average Bonchev–Trinajstić information content (AvgIpc) is 2.91. The third-order valence-corrected chi connectivity index (χ3v) is 8.78. The van der Waals surface area contributed by atoms with Crippen LogP contribution in [0.2, 0.25) is 0 Å². The normalized spacial score (nSPS) is 44.0. The Bertz CT molecular complexity index is 687. The molecule has 3 nitrogen and oxygen atoms in total. The molecule has 4 aliphatic carbocycles. The van der Waals surface area contributed by atoms with Gasteiger partial charge >= 0.3 is 0 Å². The van der Waals surface area contributed by atoms with Crippen molar-refractivity contribution in [1.82, 2.24) is 5.32 Å². The van der Waals surface area contributed by atoms with Crippen LogP contribution in [0.3, 0.4) is 0 Å². The maximum Gasteiger partial charge on any atom is 0.224 e. The predicted octanol–water partition coefficient (Wildman–Crippen LogP) is 5.05. The molecule has 0 bridgehead atoms. The van der Waals surface area contributed by atoms with Crippen LogP contribution in [0, 0.1) is 34.5 Å². The zero-order valence-electron chi connectivity index (χ0n) is 17.9. The third-order valence-electron chi connectivity index (χ3n) is 8.78. The van der Waals surface area contributed by atoms with Gasteiger partial charge in [-0.3, -0.25) is 9.59 Å². The van der Waals surface area contributed by atoms with Gasteiger partial charge in [0.1, 0.15) is 0 Å². The van der Waals surface area contributed by atoms with Crippen LogP contribution in [0.1, 0.15) is 86.0 Å². The third kappa shape index (κ3) is 3.00. The van der Waals surface area contributed by atoms with E-state index in [2.05, 4.69) is 39.9 Å². The first-order valence-electron chi connectivity index (χ1n) is 11.1. The number of allylic oxidation sites excluding steroid dienone is 1. The van der Waals surface area contributed by atoms with Crippen molar-refractivity contribution < 1.29 is 9.59 Å². The standard InChI is InChI=1S/C24H37NO2/c1-22(2,3)25-21(27)20-9-8-18-17-7-6-15-14-16(26)10-12-23(15,4)19(17)11-13-24(18,20)5/h14,17-20H,6-13H2,1-5H3,(H,25,27). The molecule has 27 heavy (non-hydrogen) atoms. The van der Waals surface area contributed by atoms with E-state index in [-0.39, 0.29) is 28.2 Å². The highest BCUT2D eigenvalue weighted by molar-refractivity contribution is 5.91. The highest BCUT2D eigenvalue weighted by atomic mass is 16.2. The largest absolute Gasteiger partial charge is 0.351 e. The van der Waals surface area contributed by atoms with E-state index in [1.54, 1.807) is 0 Å². The van der Waals surface area contributed by atoms with Crippen molar-refractivity contribution in [2.24, 2.45) is 34.5 Å². The Hall–Kier alpha value is -1.12. The van der Waals surface area contributed by atoms with Crippen molar-refractivity contribution in [3.8, 4) is 0 Å². The first kappa shape index (κ1) is 19.2. The van der Waals surface area contributed by atoms with E-state index in [1.807, 2.05) is 6.08 Å². The first-order chi connectivity index (χ1) is 12.5. The smallest absolute Gasteiger partial charge is 0.224 e. The quantitative estimate of drug-likeness (QED) is 0.701. The molecular weight excluding hydrogens is 334 g/mol. The van der Waals surface area contributed by atoms with E-state index in [9.17, 15) is 9.59 Å². The molecule has 6 atom stereocenters. The number of rotatable bonds is 1. The fourth-order valence-electron chi connectivity index (χ4n) is 7.45. The van der Waals surface area contributed by atoms with Gasteiger partial charge in [-0.25, -0.2) is 0 Å². The lowest BCUT2D eigenvalue weighted by Gasteiger charge is -2.58. The van der Waals surface area contributed by atoms with Crippen LogP contribution in [0.5, 0.6) is 0 Å². The molecule has 3 heteroatoms. The fraction of sp³-hybridized carbons (Fsp3) is 0.833. The number of fused-ring (bicyclic) bond motifs is 5. The second-order valence-corrected chi connectivity index (χ2v) is 11.4. The Morgan fingerprint density at radius 1 is 1.04 bits per heavy atom. The summed E-state index contributed by atoms with van der Waals surface area (Å²) in [5.74, 6) is 2.88. The van der Waals surface area contributed by atoms with Gasteiger partial charge in [0.05, 0.1) is 0 Å². The molecule has 0 spiro atoms. The minimum absolute atomic E-state index is 0.151. The van der Waals surface area contributed by atoms with Crippen molar-refractivity contribution in [2.45, 2.75) is 91.5 Å². The van der Waals surface area contributed by atoms with Gasteiger partial charge in [0.25, 0.3) is 0 Å². The molecule has 0 aromatic carbocycles. The summed E-state index contributed by atoms with van der Waals surface area (Å²) in [6, 6.07) is 0. The summed E-state index contributed by atoms with van der Waals surface area (Å²) >= 11 is 0. The van der Waals surface area contributed by atoms with Crippen LogP contribution >= 0.6 is 0 Å². The van der Waals surface area contributed by atoms with E-state index in [0.717, 1.165) is 38.0 Å². The maximum absolute atomic E-state index is 13.1. The van der Waals surface area contributed by atoms with Crippen LogP contribution in [0.15, 0.2) is 11.6 Å². The molecule has 0 aromatic rings. The monoisotopic (exact) mass is 371 g/mol. The number of amides is 1. The van der Waals surface area contributed by atoms with Crippen LogP contribution in [-0.4, -0.2) is 17.2 Å². The predicted molar refractivity (Wildman–Crippen MR) is 108 cm³/mol. The van der Waals surface area contributed by atoms with Gasteiger partial charge in [-0.15, -0.1) is 0 Å². The summed E-state index contributed by atoms with van der Waals surface area (Å²) in [6.07, 6.45) is 10.7. The molecule has 0 aliphatic heterocycles. The molecule has 0 saturated heterocycles. The number of nitrogens with one attached hydrogen (secondary N) is 1. The molecule has 0 radical (unpaired) electrons. The Labute approximate surface area is 164 Å². The summed E-state index contributed by atoms with van der Waals surface area (Å²) < 4.78 is 0. The van der Waals surface area contributed by atoms with Gasteiger partial charge in [-0.05, 0) is 100 Å². The van der Waals surface area contributed by atoms with Crippen molar-refractivity contribution in [1.29, 1.82) is 0 Å². The van der Waals surface area contributed by atoms with Crippen molar-refractivity contribution in [2.75, 3.05) is 0 Å². The molecule has 1 N–H and O–H groups in total. The lowest BCUT2D eigenvalue weighted by Crippen LogP contribution is -2.53. The van der Waals surface area contributed by atoms with Crippen LogP contribution in [-0.2, 0) is 9.59 Å². The topological polar surface area (TPSA) is 46.2 Å². The minimum atomic E-state index is -0.157. The Morgan fingerprint density at radius 3 is 2.48 bits per heavy atom. The molecule has 4 aliphatic rings. The number of carbonyl (C=O) groups is 2. The summed E-state index contributed by atoms with van der Waals surface area (Å²) in [4.78, 5) is 25.0. The lowest BCUT2D eigenvalue weighted by atomic mass is 9.47. The molecule has 0 aromatic heterocycles. The van der Waals surface area contributed by atoms with Crippen LogP contribution in [0.25, 0.3) is 0 Å². The van der Waals surface area contributed by atoms with Crippen molar-refractivity contribution >= 4 is 11.7 Å². The maximum atomic E-state index is 13.1. The number of ketones is 1. The molecule has 3 fully saturated rings. The Balaban J connectivity index is 1.58. The molecule has 4 rings (SSSR count). The second kappa shape index (κ2) is 6.19. The van der Waals surface area contributed by atoms with Gasteiger partial charge in [0.15, 0.2) is 5.78 Å². The van der Waals surface area contributed by atoms with Crippen LogP contribution < -0.4 is 5.32 Å². The molecule has 0 heterocycles. The van der Waals surface area contributed by atoms with Crippen molar-refractivity contribution in [3.05, 3.63) is 11.6 Å². The Morgan fingerprint density at radius 2 is 1.78 bits per heavy atom. The second-order valence-electron chi connectivity index (χ2n) is 11.4. The first-order valence-corrected chi connectivity index (χ1v) is 11.1. The Kier molecular flexibility index (Phi) is 4.40. The number of carbonyl (C=O) groups excluding carboxylic acids is 2.